The summed E-state index contributed by atoms with van der Waals surface area (Å²) < 4.78 is 28.7. The number of hydrogen-bond acceptors (Lipinski definition) is 5. The average Bonchev–Trinajstić information content (AvgIpc) is 2.85. The quantitative estimate of drug-likeness (QED) is 0.554. The zero-order valence-corrected chi connectivity index (χ0v) is 19.7. The predicted molar refractivity (Wildman–Crippen MR) is 126 cm³/mol. The number of carbonyl (C=O) groups excluding carboxylic acids is 1. The van der Waals surface area contributed by atoms with Crippen LogP contribution in [-0.4, -0.2) is 59.5 Å². The number of carbonyl (C=O) groups is 1. The largest absolute Gasteiger partial charge is 0.338 e. The molecule has 0 radical (unpaired) electrons. The molecule has 1 aromatic heterocycles. The molecule has 1 aliphatic rings. The van der Waals surface area contributed by atoms with Gasteiger partial charge in [0.05, 0.1) is 16.5 Å². The zero-order chi connectivity index (χ0) is 23.6. The highest BCUT2D eigenvalue weighted by Gasteiger charge is 2.30. The highest BCUT2D eigenvalue weighted by molar-refractivity contribution is 7.89. The molecule has 33 heavy (non-hydrogen) atoms. The number of hydrogen-bond donors (Lipinski definition) is 0. The molecule has 0 aliphatic carbocycles. The summed E-state index contributed by atoms with van der Waals surface area (Å²) in [5.74, 6) is 0.121. The van der Waals surface area contributed by atoms with E-state index < -0.39 is 10.0 Å². The van der Waals surface area contributed by atoms with E-state index in [1.165, 1.54) is 4.31 Å². The lowest BCUT2D eigenvalue weighted by Crippen LogP contribution is -2.51. The Balaban J connectivity index is 1.40. The first kappa shape index (κ1) is 23.1. The molecule has 4 rings (SSSR count). The highest BCUT2D eigenvalue weighted by atomic mass is 32.2. The van der Waals surface area contributed by atoms with Crippen LogP contribution in [0.3, 0.4) is 0 Å². The molecule has 2 heterocycles. The number of amides is 1. The van der Waals surface area contributed by atoms with Crippen molar-refractivity contribution in [1.29, 1.82) is 0 Å². The van der Waals surface area contributed by atoms with Crippen LogP contribution >= 0.6 is 0 Å². The highest BCUT2D eigenvalue weighted by Crippen LogP contribution is 2.23. The fraction of sp³-hybridized carbons (Fsp3) is 0.375. The lowest BCUT2D eigenvalue weighted by molar-refractivity contribution is -0.133. The van der Waals surface area contributed by atoms with Crippen molar-refractivity contribution in [2.45, 2.75) is 37.6 Å². The van der Waals surface area contributed by atoms with E-state index in [0.717, 1.165) is 22.1 Å². The van der Waals surface area contributed by atoms with E-state index in [1.807, 2.05) is 18.2 Å². The van der Waals surface area contributed by atoms with E-state index >= 15 is 0 Å². The van der Waals surface area contributed by atoms with Crippen LogP contribution in [0.5, 0.6) is 0 Å². The molecule has 8 nitrogen and oxygen atoms in total. The third-order valence-corrected chi connectivity index (χ3v) is 8.25. The summed E-state index contributed by atoms with van der Waals surface area (Å²) in [6.07, 6.45) is 2.56. The van der Waals surface area contributed by atoms with E-state index in [1.54, 1.807) is 41.4 Å². The molecular weight excluding hydrogens is 440 g/mol. The maximum absolute atomic E-state index is 13.0. The molecule has 0 bridgehead atoms. The molecule has 1 aliphatic heterocycles. The summed E-state index contributed by atoms with van der Waals surface area (Å²) in [6, 6.07) is 14.2. The molecule has 0 spiro atoms. The van der Waals surface area contributed by atoms with Crippen LogP contribution in [0.15, 0.2) is 64.4 Å². The molecule has 1 saturated heterocycles. The normalized spacial score (nSPS) is 16.1. The minimum absolute atomic E-state index is 0.173. The topological polar surface area (TPSA) is 92.6 Å². The number of benzene rings is 2. The van der Waals surface area contributed by atoms with Gasteiger partial charge in [0.1, 0.15) is 6.54 Å². The summed E-state index contributed by atoms with van der Waals surface area (Å²) in [5.41, 5.74) is 0.799. The van der Waals surface area contributed by atoms with Gasteiger partial charge in [-0.25, -0.2) is 13.1 Å². The fourth-order valence-corrected chi connectivity index (χ4v) is 5.42. The molecule has 0 N–H and O–H groups in total. The summed E-state index contributed by atoms with van der Waals surface area (Å²) in [6.45, 7) is 5.00. The van der Waals surface area contributed by atoms with Crippen LogP contribution in [-0.2, 0) is 21.4 Å². The Labute approximate surface area is 193 Å². The van der Waals surface area contributed by atoms with Gasteiger partial charge in [-0.05, 0) is 36.1 Å². The first-order chi connectivity index (χ1) is 15.8. The second-order valence-electron chi connectivity index (χ2n) is 8.36. The van der Waals surface area contributed by atoms with Crippen molar-refractivity contribution in [3.63, 3.8) is 0 Å². The molecule has 1 amide bonds. The third kappa shape index (κ3) is 4.69. The Bertz CT molecular complexity index is 1310. The number of fused-ring (bicyclic) bond motifs is 1. The lowest BCUT2D eigenvalue weighted by Gasteiger charge is -2.34. The second kappa shape index (κ2) is 9.44. The Hall–Kier alpha value is -3.04. The van der Waals surface area contributed by atoms with Crippen LogP contribution in [0.2, 0.25) is 0 Å². The minimum atomic E-state index is -3.62. The molecule has 1 unspecified atom stereocenters. The van der Waals surface area contributed by atoms with Crippen LogP contribution in [0, 0.1) is 0 Å². The second-order valence-corrected chi connectivity index (χ2v) is 10.3. The van der Waals surface area contributed by atoms with Crippen molar-refractivity contribution >= 4 is 26.7 Å². The van der Waals surface area contributed by atoms with Crippen molar-refractivity contribution in [1.82, 2.24) is 19.0 Å². The number of piperazine rings is 1. The van der Waals surface area contributed by atoms with E-state index in [-0.39, 0.29) is 49.1 Å². The smallest absolute Gasteiger partial charge is 0.275 e. The van der Waals surface area contributed by atoms with Crippen molar-refractivity contribution in [2.75, 3.05) is 26.2 Å². The standard InChI is InChI=1S/C24H28N4O4S/c1-3-18(2)19-8-10-21(11-9-19)33(31,32)27-14-12-26(13-15-27)23(29)17-28-24(30)22-7-5-4-6-20(22)16-25-28/h4-11,16,18H,3,12-15,17H2,1-2H3. The van der Waals surface area contributed by atoms with Gasteiger partial charge >= 0.3 is 0 Å². The summed E-state index contributed by atoms with van der Waals surface area (Å²) in [4.78, 5) is 27.2. The minimum Gasteiger partial charge on any atom is -0.338 e. The number of sulfonamides is 1. The lowest BCUT2D eigenvalue weighted by atomic mass is 9.99. The molecule has 1 fully saturated rings. The van der Waals surface area contributed by atoms with Crippen LogP contribution in [0.25, 0.3) is 10.8 Å². The van der Waals surface area contributed by atoms with Gasteiger partial charge in [-0.2, -0.15) is 9.40 Å². The van der Waals surface area contributed by atoms with Gasteiger partial charge in [-0.3, -0.25) is 9.59 Å². The first-order valence-corrected chi connectivity index (χ1v) is 12.6. The Morgan fingerprint density at radius 3 is 2.36 bits per heavy atom. The molecule has 2 aromatic carbocycles. The van der Waals surface area contributed by atoms with Crippen LogP contribution < -0.4 is 5.56 Å². The molecular formula is C24H28N4O4S. The van der Waals surface area contributed by atoms with Gasteiger partial charge in [-0.15, -0.1) is 0 Å². The zero-order valence-electron chi connectivity index (χ0n) is 18.8. The fourth-order valence-electron chi connectivity index (χ4n) is 4.00. The molecule has 1 atom stereocenters. The predicted octanol–water partition coefficient (Wildman–Crippen LogP) is 2.44. The number of rotatable bonds is 6. The molecule has 9 heteroatoms. The molecule has 3 aromatic rings. The maximum Gasteiger partial charge on any atom is 0.275 e. The van der Waals surface area contributed by atoms with Crippen molar-refractivity contribution in [2.24, 2.45) is 0 Å². The van der Waals surface area contributed by atoms with Crippen molar-refractivity contribution < 1.29 is 13.2 Å². The van der Waals surface area contributed by atoms with E-state index in [9.17, 15) is 18.0 Å². The summed E-state index contributed by atoms with van der Waals surface area (Å²) >= 11 is 0. The monoisotopic (exact) mass is 468 g/mol. The Kier molecular flexibility index (Phi) is 6.62. The first-order valence-electron chi connectivity index (χ1n) is 11.1. The van der Waals surface area contributed by atoms with Gasteiger partial charge in [0.25, 0.3) is 5.56 Å². The van der Waals surface area contributed by atoms with Crippen LogP contribution in [0.4, 0.5) is 0 Å². The summed E-state index contributed by atoms with van der Waals surface area (Å²) in [5, 5.41) is 5.35. The Morgan fingerprint density at radius 1 is 1.03 bits per heavy atom. The number of aromatic nitrogens is 2. The van der Waals surface area contributed by atoms with E-state index in [0.29, 0.717) is 11.3 Å². The van der Waals surface area contributed by atoms with E-state index in [4.69, 9.17) is 0 Å². The molecule has 174 valence electrons. The average molecular weight is 469 g/mol. The Morgan fingerprint density at radius 2 is 1.70 bits per heavy atom. The maximum atomic E-state index is 13.0. The van der Waals surface area contributed by atoms with Gasteiger partial charge in [0.2, 0.25) is 15.9 Å². The third-order valence-electron chi connectivity index (χ3n) is 6.34. The number of nitrogens with zero attached hydrogens (tertiary/aromatic N) is 4. The van der Waals surface area contributed by atoms with Gasteiger partial charge < -0.3 is 4.90 Å². The van der Waals surface area contributed by atoms with Crippen molar-refractivity contribution in [3.05, 3.63) is 70.6 Å². The van der Waals surface area contributed by atoms with E-state index in [2.05, 4.69) is 18.9 Å². The summed E-state index contributed by atoms with van der Waals surface area (Å²) in [7, 11) is -3.62. The van der Waals surface area contributed by atoms with Crippen LogP contribution in [0.1, 0.15) is 31.7 Å². The SMILES string of the molecule is CCC(C)c1ccc(S(=O)(=O)N2CCN(C(=O)Cn3ncc4ccccc4c3=O)CC2)cc1. The van der Waals surface area contributed by atoms with Crippen molar-refractivity contribution in [3.8, 4) is 0 Å². The van der Waals surface area contributed by atoms with Gasteiger partial charge in [-0.1, -0.05) is 44.2 Å². The van der Waals surface area contributed by atoms with Gasteiger partial charge in [0.15, 0.2) is 0 Å². The van der Waals surface area contributed by atoms with Gasteiger partial charge in [0, 0.05) is 31.6 Å². The molecule has 0 saturated carbocycles.